The lowest BCUT2D eigenvalue weighted by Gasteiger charge is -2.25. The lowest BCUT2D eigenvalue weighted by molar-refractivity contribution is -0.128. The predicted octanol–water partition coefficient (Wildman–Crippen LogP) is 2.26. The number of rotatable bonds is 7. The van der Waals surface area contributed by atoms with E-state index in [9.17, 15) is 17.6 Å². The summed E-state index contributed by atoms with van der Waals surface area (Å²) < 4.78 is 43.2. The third-order valence-corrected chi connectivity index (χ3v) is 4.94. The predicted molar refractivity (Wildman–Crippen MR) is 98.1 cm³/mol. The van der Waals surface area contributed by atoms with E-state index in [4.69, 9.17) is 4.74 Å². The highest BCUT2D eigenvalue weighted by atomic mass is 32.2. The first kappa shape index (κ1) is 19.7. The second-order valence-electron chi connectivity index (χ2n) is 5.84. The zero-order chi connectivity index (χ0) is 19.3. The molecule has 1 amide bonds. The second-order valence-corrected chi connectivity index (χ2v) is 7.75. The van der Waals surface area contributed by atoms with E-state index in [0.29, 0.717) is 12.3 Å². The van der Waals surface area contributed by atoms with Gasteiger partial charge in [-0.1, -0.05) is 12.1 Å². The molecule has 0 saturated heterocycles. The van der Waals surface area contributed by atoms with Crippen molar-refractivity contribution >= 4 is 21.6 Å². The number of nitrogens with zero attached hydrogens (tertiary/aromatic N) is 2. The Hall–Kier alpha value is -2.61. The van der Waals surface area contributed by atoms with E-state index in [0.717, 1.165) is 28.3 Å². The van der Waals surface area contributed by atoms with Crippen molar-refractivity contribution < 1.29 is 22.3 Å². The van der Waals surface area contributed by atoms with Crippen molar-refractivity contribution in [3.05, 3.63) is 59.9 Å². The van der Waals surface area contributed by atoms with Crippen LogP contribution in [0.15, 0.2) is 48.5 Å². The van der Waals surface area contributed by atoms with Gasteiger partial charge in [0.25, 0.3) is 0 Å². The number of amides is 1. The van der Waals surface area contributed by atoms with Gasteiger partial charge in [-0.2, -0.15) is 0 Å². The number of anilines is 1. The number of hydrogen-bond donors (Lipinski definition) is 0. The first-order chi connectivity index (χ1) is 12.2. The quantitative estimate of drug-likeness (QED) is 0.739. The molecule has 0 aliphatic rings. The summed E-state index contributed by atoms with van der Waals surface area (Å²) in [5.74, 6) is -0.150. The van der Waals surface area contributed by atoms with E-state index in [1.54, 1.807) is 26.3 Å². The normalized spacial score (nSPS) is 11.1. The highest BCUT2D eigenvalue weighted by Crippen LogP contribution is 2.18. The van der Waals surface area contributed by atoms with Gasteiger partial charge in [-0.3, -0.25) is 9.10 Å². The summed E-state index contributed by atoms with van der Waals surface area (Å²) in [6, 6.07) is 12.2. The van der Waals surface area contributed by atoms with Crippen LogP contribution in [0.4, 0.5) is 10.1 Å². The Morgan fingerprint density at radius 2 is 1.65 bits per heavy atom. The molecule has 0 atom stereocenters. The molecule has 0 unspecified atom stereocenters. The van der Waals surface area contributed by atoms with Crippen LogP contribution in [0.3, 0.4) is 0 Å². The lowest BCUT2D eigenvalue weighted by atomic mass is 10.2. The van der Waals surface area contributed by atoms with E-state index in [1.807, 2.05) is 12.1 Å². The monoisotopic (exact) mass is 380 g/mol. The fourth-order valence-electron chi connectivity index (χ4n) is 2.34. The third kappa shape index (κ3) is 5.19. The Kier molecular flexibility index (Phi) is 6.20. The van der Waals surface area contributed by atoms with Crippen molar-refractivity contribution in [1.82, 2.24) is 4.90 Å². The van der Waals surface area contributed by atoms with Gasteiger partial charge in [0, 0.05) is 13.6 Å². The standard InChI is InChI=1S/C18H21FN2O4S/c1-20(12-14-4-10-17(25-2)11-5-14)18(22)13-21(26(3,23)24)16-8-6-15(19)7-9-16/h4-11H,12-13H2,1-3H3. The van der Waals surface area contributed by atoms with Crippen LogP contribution < -0.4 is 9.04 Å². The van der Waals surface area contributed by atoms with Crippen LogP contribution in [0.5, 0.6) is 5.75 Å². The van der Waals surface area contributed by atoms with E-state index in [2.05, 4.69) is 0 Å². The molecule has 2 aromatic rings. The van der Waals surface area contributed by atoms with Crippen molar-refractivity contribution in [2.75, 3.05) is 31.3 Å². The fraction of sp³-hybridized carbons (Fsp3) is 0.278. The van der Waals surface area contributed by atoms with Crippen LogP contribution in [0.1, 0.15) is 5.56 Å². The number of methoxy groups -OCH3 is 1. The number of halogens is 1. The van der Waals surface area contributed by atoms with Crippen LogP contribution in [0.25, 0.3) is 0 Å². The molecule has 0 bridgehead atoms. The van der Waals surface area contributed by atoms with Crippen LogP contribution in [-0.2, 0) is 21.4 Å². The smallest absolute Gasteiger partial charge is 0.243 e. The minimum atomic E-state index is -3.69. The van der Waals surface area contributed by atoms with Gasteiger partial charge >= 0.3 is 0 Å². The molecular formula is C18H21FN2O4S. The van der Waals surface area contributed by atoms with Crippen molar-refractivity contribution in [1.29, 1.82) is 0 Å². The average molecular weight is 380 g/mol. The average Bonchev–Trinajstić information content (AvgIpc) is 2.60. The molecule has 8 heteroatoms. The summed E-state index contributed by atoms with van der Waals surface area (Å²) in [6.45, 7) is -0.0407. The molecule has 0 radical (unpaired) electrons. The molecule has 26 heavy (non-hydrogen) atoms. The SMILES string of the molecule is COc1ccc(CN(C)C(=O)CN(c2ccc(F)cc2)S(C)(=O)=O)cc1. The number of carbonyl (C=O) groups excluding carboxylic acids is 1. The summed E-state index contributed by atoms with van der Waals surface area (Å²) in [5.41, 5.74) is 1.12. The molecule has 0 aromatic heterocycles. The topological polar surface area (TPSA) is 66.9 Å². The second kappa shape index (κ2) is 8.18. The van der Waals surface area contributed by atoms with Crippen molar-refractivity contribution in [2.45, 2.75) is 6.54 Å². The summed E-state index contributed by atoms with van der Waals surface area (Å²) in [7, 11) is -0.530. The van der Waals surface area contributed by atoms with Crippen LogP contribution in [-0.4, -0.2) is 46.2 Å². The highest BCUT2D eigenvalue weighted by molar-refractivity contribution is 7.92. The van der Waals surface area contributed by atoms with Crippen molar-refractivity contribution in [3.63, 3.8) is 0 Å². The van der Waals surface area contributed by atoms with Gasteiger partial charge in [-0.15, -0.1) is 0 Å². The molecule has 140 valence electrons. The Labute approximate surface area is 152 Å². The van der Waals surface area contributed by atoms with E-state index in [1.165, 1.54) is 17.0 Å². The zero-order valence-electron chi connectivity index (χ0n) is 14.8. The Morgan fingerprint density at radius 1 is 1.08 bits per heavy atom. The Bertz CT molecular complexity index is 852. The van der Waals surface area contributed by atoms with Crippen LogP contribution >= 0.6 is 0 Å². The minimum absolute atomic E-state index is 0.236. The van der Waals surface area contributed by atoms with Gasteiger partial charge in [-0.25, -0.2) is 12.8 Å². The maximum atomic E-state index is 13.1. The molecule has 0 N–H and O–H groups in total. The largest absolute Gasteiger partial charge is 0.497 e. The molecule has 0 aliphatic heterocycles. The van der Waals surface area contributed by atoms with E-state index >= 15 is 0 Å². The molecule has 6 nitrogen and oxygen atoms in total. The summed E-state index contributed by atoms with van der Waals surface area (Å²) >= 11 is 0. The van der Waals surface area contributed by atoms with Crippen molar-refractivity contribution in [2.24, 2.45) is 0 Å². The fourth-order valence-corrected chi connectivity index (χ4v) is 3.19. The summed E-state index contributed by atoms with van der Waals surface area (Å²) in [4.78, 5) is 13.9. The van der Waals surface area contributed by atoms with Gasteiger partial charge in [-0.05, 0) is 42.0 Å². The van der Waals surface area contributed by atoms with Gasteiger partial charge in [0.05, 0.1) is 19.1 Å². The van der Waals surface area contributed by atoms with E-state index < -0.39 is 15.8 Å². The third-order valence-electron chi connectivity index (χ3n) is 3.80. The molecule has 0 aliphatic carbocycles. The molecular weight excluding hydrogens is 359 g/mol. The summed E-state index contributed by atoms with van der Waals surface area (Å²) in [6.07, 6.45) is 1.01. The number of hydrogen-bond acceptors (Lipinski definition) is 4. The summed E-state index contributed by atoms with van der Waals surface area (Å²) in [5, 5.41) is 0. The van der Waals surface area contributed by atoms with E-state index in [-0.39, 0.29) is 18.1 Å². The minimum Gasteiger partial charge on any atom is -0.497 e. The maximum absolute atomic E-state index is 13.1. The van der Waals surface area contributed by atoms with Gasteiger partial charge < -0.3 is 9.64 Å². The van der Waals surface area contributed by atoms with Gasteiger partial charge in [0.2, 0.25) is 15.9 Å². The molecule has 0 fully saturated rings. The molecule has 0 spiro atoms. The maximum Gasteiger partial charge on any atom is 0.243 e. The molecule has 0 saturated carbocycles. The first-order valence-corrected chi connectivity index (χ1v) is 9.65. The van der Waals surface area contributed by atoms with Gasteiger partial charge in [0.15, 0.2) is 0 Å². The highest BCUT2D eigenvalue weighted by Gasteiger charge is 2.22. The Balaban J connectivity index is 2.11. The van der Waals surface area contributed by atoms with Crippen LogP contribution in [0.2, 0.25) is 0 Å². The Morgan fingerprint density at radius 3 is 2.15 bits per heavy atom. The number of sulfonamides is 1. The van der Waals surface area contributed by atoms with Crippen molar-refractivity contribution in [3.8, 4) is 5.75 Å². The molecule has 2 aromatic carbocycles. The van der Waals surface area contributed by atoms with Crippen LogP contribution in [0, 0.1) is 5.82 Å². The number of ether oxygens (including phenoxy) is 1. The van der Waals surface area contributed by atoms with Gasteiger partial charge in [0.1, 0.15) is 18.1 Å². The zero-order valence-corrected chi connectivity index (χ0v) is 15.7. The number of benzene rings is 2. The molecule has 0 heterocycles. The number of carbonyl (C=O) groups is 1. The first-order valence-electron chi connectivity index (χ1n) is 7.81. The lowest BCUT2D eigenvalue weighted by Crippen LogP contribution is -2.41. The molecule has 2 rings (SSSR count). The number of likely N-dealkylation sites (N-methyl/N-ethyl adjacent to an activating group) is 1.